The van der Waals surface area contributed by atoms with Gasteiger partial charge in [0.25, 0.3) is 0 Å². The van der Waals surface area contributed by atoms with E-state index in [2.05, 4.69) is 4.72 Å². The van der Waals surface area contributed by atoms with Gasteiger partial charge in [0.1, 0.15) is 0 Å². The van der Waals surface area contributed by atoms with Crippen LogP contribution in [0.15, 0.2) is 0 Å². The number of hydrogen-bond donors (Lipinski definition) is 3. The molecule has 0 heterocycles. The van der Waals surface area contributed by atoms with Crippen molar-refractivity contribution in [1.29, 1.82) is 0 Å². The molecule has 0 saturated carbocycles. The molecule has 0 aromatic carbocycles. The molecule has 0 radical (unpaired) electrons. The molecule has 0 spiro atoms. The topological polar surface area (TPSA) is 64.1 Å². The lowest BCUT2D eigenvalue weighted by atomic mass is 10.6. The van der Waals surface area contributed by atoms with Gasteiger partial charge >= 0.3 is 0 Å². The zero-order chi connectivity index (χ0) is 7.66. The van der Waals surface area contributed by atoms with Crippen molar-refractivity contribution in [2.75, 3.05) is 24.6 Å². The minimum absolute atomic E-state index is 0.707. The Morgan fingerprint density at radius 3 is 2.70 bits per heavy atom. The van der Waals surface area contributed by atoms with E-state index >= 15 is 0 Å². The Bertz CT molecular complexity index is 54.9. The third kappa shape index (κ3) is 8.58. The standard InChI is InChI=1S/C5H15N3S2/c6-2-3-8-10-5-1-4-9-7/h8H,1-7H2. The summed E-state index contributed by atoms with van der Waals surface area (Å²) in [6, 6.07) is 0. The van der Waals surface area contributed by atoms with Crippen LogP contribution in [-0.4, -0.2) is 24.6 Å². The smallest absolute Gasteiger partial charge is 0.0182 e. The first-order valence-electron chi connectivity index (χ1n) is 3.28. The maximum Gasteiger partial charge on any atom is 0.0182 e. The van der Waals surface area contributed by atoms with Gasteiger partial charge in [0.05, 0.1) is 0 Å². The quantitative estimate of drug-likeness (QED) is 0.386. The van der Waals surface area contributed by atoms with Crippen molar-refractivity contribution in [1.82, 2.24) is 4.72 Å². The van der Waals surface area contributed by atoms with E-state index in [1.807, 2.05) is 0 Å². The number of rotatable bonds is 7. The van der Waals surface area contributed by atoms with Gasteiger partial charge in [-0.15, -0.1) is 0 Å². The Morgan fingerprint density at radius 1 is 1.30 bits per heavy atom. The Balaban J connectivity index is 2.65. The molecular formula is C5H15N3S2. The van der Waals surface area contributed by atoms with Crippen LogP contribution in [0.2, 0.25) is 0 Å². The first kappa shape index (κ1) is 10.6. The summed E-state index contributed by atoms with van der Waals surface area (Å²) >= 11 is 3.12. The first-order valence-corrected chi connectivity index (χ1v) is 5.31. The Kier molecular flexibility index (Phi) is 10.1. The molecule has 0 aliphatic rings. The lowest BCUT2D eigenvalue weighted by Crippen LogP contribution is -2.16. The molecule has 5 heteroatoms. The van der Waals surface area contributed by atoms with Gasteiger partial charge < -0.3 is 5.73 Å². The van der Waals surface area contributed by atoms with Crippen LogP contribution < -0.4 is 15.6 Å². The summed E-state index contributed by atoms with van der Waals surface area (Å²) < 4.78 is 3.14. The lowest BCUT2D eigenvalue weighted by molar-refractivity contribution is 0.914. The maximum absolute atomic E-state index is 5.27. The van der Waals surface area contributed by atoms with E-state index in [0.717, 1.165) is 24.5 Å². The summed E-state index contributed by atoms with van der Waals surface area (Å²) in [5.74, 6) is 2.15. The van der Waals surface area contributed by atoms with Gasteiger partial charge in [-0.3, -0.25) is 9.86 Å². The molecule has 5 N–H and O–H groups in total. The molecule has 0 aromatic rings. The zero-order valence-corrected chi connectivity index (χ0v) is 7.64. The average Bonchev–Trinajstić information content (AvgIpc) is 1.97. The van der Waals surface area contributed by atoms with Crippen LogP contribution >= 0.6 is 23.9 Å². The number of nitrogens with two attached hydrogens (primary N) is 2. The van der Waals surface area contributed by atoms with Crippen molar-refractivity contribution < 1.29 is 0 Å². The van der Waals surface area contributed by atoms with Crippen LogP contribution in [0, 0.1) is 0 Å². The molecule has 62 valence electrons. The van der Waals surface area contributed by atoms with E-state index in [-0.39, 0.29) is 0 Å². The van der Waals surface area contributed by atoms with Crippen LogP contribution in [0.25, 0.3) is 0 Å². The van der Waals surface area contributed by atoms with Crippen LogP contribution in [-0.2, 0) is 0 Å². The fraction of sp³-hybridized carbons (Fsp3) is 1.00. The molecule has 0 atom stereocenters. The fourth-order valence-electron chi connectivity index (χ4n) is 0.418. The molecule has 0 rings (SSSR count). The summed E-state index contributed by atoms with van der Waals surface area (Å²) in [4.78, 5) is 0. The first-order chi connectivity index (χ1) is 4.91. The molecule has 0 saturated heterocycles. The highest BCUT2D eigenvalue weighted by Gasteiger charge is 1.86. The van der Waals surface area contributed by atoms with Crippen molar-refractivity contribution in [2.45, 2.75) is 6.42 Å². The second-order valence-corrected chi connectivity index (χ2v) is 3.48. The highest BCUT2D eigenvalue weighted by atomic mass is 32.2. The van der Waals surface area contributed by atoms with Gasteiger partial charge in [0.2, 0.25) is 0 Å². The summed E-state index contributed by atoms with van der Waals surface area (Å²) in [6.45, 7) is 1.60. The maximum atomic E-state index is 5.27. The van der Waals surface area contributed by atoms with Crippen molar-refractivity contribution in [3.63, 3.8) is 0 Å². The molecule has 0 fully saturated rings. The molecule has 0 aliphatic carbocycles. The molecule has 0 amide bonds. The Hall–Kier alpha value is 0.580. The summed E-state index contributed by atoms with van der Waals surface area (Å²) in [5, 5.41) is 5.24. The Morgan fingerprint density at radius 2 is 2.10 bits per heavy atom. The average molecular weight is 181 g/mol. The Labute approximate surface area is 70.9 Å². The van der Waals surface area contributed by atoms with Gasteiger partial charge in [-0.2, -0.15) is 0 Å². The third-order valence-corrected chi connectivity index (χ3v) is 2.28. The van der Waals surface area contributed by atoms with Crippen LogP contribution in [0.3, 0.4) is 0 Å². The summed E-state index contributed by atoms with van der Waals surface area (Å²) in [7, 11) is 0. The van der Waals surface area contributed by atoms with Gasteiger partial charge in [-0.1, -0.05) is 23.9 Å². The van der Waals surface area contributed by atoms with Crippen molar-refractivity contribution in [3.8, 4) is 0 Å². The minimum Gasteiger partial charge on any atom is -0.329 e. The molecule has 0 unspecified atom stereocenters. The second-order valence-electron chi connectivity index (χ2n) is 1.76. The van der Waals surface area contributed by atoms with E-state index in [1.165, 1.54) is 11.9 Å². The second kappa shape index (κ2) is 9.58. The van der Waals surface area contributed by atoms with Crippen LogP contribution in [0.1, 0.15) is 6.42 Å². The fourth-order valence-corrected chi connectivity index (χ4v) is 1.61. The summed E-state index contributed by atoms with van der Waals surface area (Å²) in [6.07, 6.45) is 1.16. The lowest BCUT2D eigenvalue weighted by Gasteiger charge is -1.99. The predicted octanol–water partition coefficient (Wildman–Crippen LogP) is 0.180. The highest BCUT2D eigenvalue weighted by molar-refractivity contribution is 7.98. The zero-order valence-electron chi connectivity index (χ0n) is 6.01. The largest absolute Gasteiger partial charge is 0.329 e. The van der Waals surface area contributed by atoms with E-state index in [0.29, 0.717) is 6.54 Å². The van der Waals surface area contributed by atoms with E-state index < -0.39 is 0 Å². The molecule has 10 heavy (non-hydrogen) atoms. The van der Waals surface area contributed by atoms with E-state index in [1.54, 1.807) is 11.9 Å². The van der Waals surface area contributed by atoms with Crippen LogP contribution in [0.4, 0.5) is 0 Å². The van der Waals surface area contributed by atoms with Gasteiger partial charge in [0, 0.05) is 24.6 Å². The predicted molar refractivity (Wildman–Crippen MR) is 50.8 cm³/mol. The van der Waals surface area contributed by atoms with Crippen molar-refractivity contribution in [2.24, 2.45) is 10.9 Å². The van der Waals surface area contributed by atoms with Crippen molar-refractivity contribution in [3.05, 3.63) is 0 Å². The molecule has 0 aromatic heterocycles. The SMILES string of the molecule is NCCNSCCCSN. The highest BCUT2D eigenvalue weighted by Crippen LogP contribution is 1.98. The third-order valence-electron chi connectivity index (χ3n) is 0.857. The molecule has 0 aliphatic heterocycles. The van der Waals surface area contributed by atoms with E-state index in [9.17, 15) is 0 Å². The molecular weight excluding hydrogens is 166 g/mol. The van der Waals surface area contributed by atoms with Crippen LogP contribution in [0.5, 0.6) is 0 Å². The molecule has 0 bridgehead atoms. The summed E-state index contributed by atoms with van der Waals surface area (Å²) in [5.41, 5.74) is 5.27. The molecule has 3 nitrogen and oxygen atoms in total. The monoisotopic (exact) mass is 181 g/mol. The normalized spacial score (nSPS) is 10.2. The number of hydrogen-bond acceptors (Lipinski definition) is 5. The van der Waals surface area contributed by atoms with Gasteiger partial charge in [-0.05, 0) is 6.42 Å². The van der Waals surface area contributed by atoms with Crippen molar-refractivity contribution >= 4 is 23.9 Å². The number of nitrogens with one attached hydrogen (secondary N) is 1. The van der Waals surface area contributed by atoms with Gasteiger partial charge in [0.15, 0.2) is 0 Å². The van der Waals surface area contributed by atoms with E-state index in [4.69, 9.17) is 10.9 Å². The minimum atomic E-state index is 0.707. The van der Waals surface area contributed by atoms with Gasteiger partial charge in [-0.25, -0.2) is 0 Å².